The molecule has 1 spiro atoms. The fourth-order valence-electron chi connectivity index (χ4n) is 4.36. The first-order valence-electron chi connectivity index (χ1n) is 9.24. The summed E-state index contributed by atoms with van der Waals surface area (Å²) in [5.74, 6) is 0.726. The first-order valence-corrected chi connectivity index (χ1v) is 9.24. The van der Waals surface area contributed by atoms with Crippen molar-refractivity contribution < 1.29 is 14.3 Å². The highest BCUT2D eigenvalue weighted by molar-refractivity contribution is 5.76. The molecule has 23 heavy (non-hydrogen) atoms. The lowest BCUT2D eigenvalue weighted by molar-refractivity contribution is -0.189. The summed E-state index contributed by atoms with van der Waals surface area (Å²) >= 11 is 0. The summed E-state index contributed by atoms with van der Waals surface area (Å²) in [6.07, 6.45) is 8.93. The topological polar surface area (TPSA) is 42.0 Å². The van der Waals surface area contributed by atoms with Gasteiger partial charge in [-0.3, -0.25) is 9.69 Å². The Morgan fingerprint density at radius 3 is 2.70 bits per heavy atom. The van der Waals surface area contributed by atoms with Crippen molar-refractivity contribution >= 4 is 5.91 Å². The number of rotatable bonds is 6. The lowest BCUT2D eigenvalue weighted by Gasteiger charge is -2.55. The summed E-state index contributed by atoms with van der Waals surface area (Å²) in [7, 11) is 3.53. The van der Waals surface area contributed by atoms with Gasteiger partial charge in [-0.15, -0.1) is 0 Å². The quantitative estimate of drug-likeness (QED) is 0.700. The minimum atomic E-state index is 0.0413. The van der Waals surface area contributed by atoms with Crippen LogP contribution >= 0.6 is 0 Å². The second-order valence-electron chi connectivity index (χ2n) is 7.86. The smallest absolute Gasteiger partial charge is 0.248 e. The zero-order chi connectivity index (χ0) is 16.3. The van der Waals surface area contributed by atoms with Crippen LogP contribution in [0, 0.1) is 5.92 Å². The summed E-state index contributed by atoms with van der Waals surface area (Å²) < 4.78 is 11.7. The zero-order valence-electron chi connectivity index (χ0n) is 14.8. The van der Waals surface area contributed by atoms with Crippen LogP contribution in [0.4, 0.5) is 0 Å². The standard InChI is InChI=1S/C18H32N2O3/c1-19(2)17(21)12-22-9-7-15-8-10-23-18(11-15)13-20(14-18)16-5-3-4-6-16/h15-16H,3-14H2,1-2H3/t15-/m1/s1. The average molecular weight is 324 g/mol. The van der Waals surface area contributed by atoms with Crippen molar-refractivity contribution in [3.05, 3.63) is 0 Å². The Bertz CT molecular complexity index is 401. The monoisotopic (exact) mass is 324 g/mol. The van der Waals surface area contributed by atoms with Gasteiger partial charge in [-0.05, 0) is 38.0 Å². The molecule has 0 aromatic rings. The maximum absolute atomic E-state index is 11.5. The molecule has 0 N–H and O–H groups in total. The van der Waals surface area contributed by atoms with E-state index in [1.165, 1.54) is 32.1 Å². The van der Waals surface area contributed by atoms with Crippen LogP contribution in [-0.2, 0) is 14.3 Å². The second kappa shape index (κ2) is 7.49. The Balaban J connectivity index is 1.35. The summed E-state index contributed by atoms with van der Waals surface area (Å²) in [6, 6.07) is 0.824. The Kier molecular flexibility index (Phi) is 5.60. The average Bonchev–Trinajstić information content (AvgIpc) is 3.03. The minimum Gasteiger partial charge on any atom is -0.372 e. The molecule has 1 amide bonds. The number of carbonyl (C=O) groups excluding carboxylic acids is 1. The van der Waals surface area contributed by atoms with E-state index in [-0.39, 0.29) is 18.1 Å². The van der Waals surface area contributed by atoms with Gasteiger partial charge in [0.1, 0.15) is 6.61 Å². The van der Waals surface area contributed by atoms with Gasteiger partial charge in [-0.2, -0.15) is 0 Å². The van der Waals surface area contributed by atoms with Crippen molar-refractivity contribution in [1.29, 1.82) is 0 Å². The van der Waals surface area contributed by atoms with E-state index in [4.69, 9.17) is 9.47 Å². The molecule has 2 aliphatic heterocycles. The largest absolute Gasteiger partial charge is 0.372 e. The van der Waals surface area contributed by atoms with Crippen LogP contribution < -0.4 is 0 Å². The Labute approximate surface area is 140 Å². The van der Waals surface area contributed by atoms with Crippen LogP contribution in [-0.4, -0.2) is 74.4 Å². The van der Waals surface area contributed by atoms with E-state index in [0.29, 0.717) is 12.5 Å². The van der Waals surface area contributed by atoms with E-state index >= 15 is 0 Å². The van der Waals surface area contributed by atoms with Crippen molar-refractivity contribution in [1.82, 2.24) is 9.80 Å². The molecule has 2 heterocycles. The summed E-state index contributed by atoms with van der Waals surface area (Å²) in [4.78, 5) is 15.7. The van der Waals surface area contributed by atoms with Crippen LogP contribution in [0.2, 0.25) is 0 Å². The number of nitrogens with zero attached hydrogens (tertiary/aromatic N) is 2. The van der Waals surface area contributed by atoms with Gasteiger partial charge < -0.3 is 14.4 Å². The molecule has 0 aromatic carbocycles. The zero-order valence-corrected chi connectivity index (χ0v) is 14.8. The molecule has 5 heteroatoms. The predicted octanol–water partition coefficient (Wildman–Crippen LogP) is 1.90. The second-order valence-corrected chi connectivity index (χ2v) is 7.86. The number of carbonyl (C=O) groups is 1. The maximum Gasteiger partial charge on any atom is 0.248 e. The molecule has 1 aliphatic carbocycles. The number of likely N-dealkylation sites (tertiary alicyclic amines) is 1. The van der Waals surface area contributed by atoms with Crippen LogP contribution in [0.25, 0.3) is 0 Å². The molecule has 1 saturated carbocycles. The Morgan fingerprint density at radius 2 is 2.00 bits per heavy atom. The van der Waals surface area contributed by atoms with Crippen molar-refractivity contribution in [3.8, 4) is 0 Å². The maximum atomic E-state index is 11.5. The molecule has 3 fully saturated rings. The first kappa shape index (κ1) is 17.2. The molecule has 3 aliphatic rings. The first-order chi connectivity index (χ1) is 11.1. The van der Waals surface area contributed by atoms with Crippen molar-refractivity contribution in [3.63, 3.8) is 0 Å². The molecule has 3 rings (SSSR count). The van der Waals surface area contributed by atoms with Crippen molar-refractivity contribution in [2.24, 2.45) is 5.92 Å². The lowest BCUT2D eigenvalue weighted by atomic mass is 9.78. The van der Waals surface area contributed by atoms with E-state index in [0.717, 1.165) is 38.6 Å². The highest BCUT2D eigenvalue weighted by Crippen LogP contribution is 2.41. The number of likely N-dealkylation sites (N-methyl/N-ethyl adjacent to an activating group) is 1. The SMILES string of the molecule is CN(C)C(=O)COCC[C@@H]1CCOC2(C1)CN(C1CCCC1)C2. The van der Waals surface area contributed by atoms with Crippen LogP contribution in [0.3, 0.4) is 0 Å². The molecule has 1 atom stereocenters. The third kappa shape index (κ3) is 4.25. The van der Waals surface area contributed by atoms with E-state index < -0.39 is 0 Å². The van der Waals surface area contributed by atoms with E-state index in [1.54, 1.807) is 19.0 Å². The molecular formula is C18H32N2O3. The molecule has 132 valence electrons. The fraction of sp³-hybridized carbons (Fsp3) is 0.944. The van der Waals surface area contributed by atoms with Crippen LogP contribution in [0.1, 0.15) is 44.9 Å². The molecule has 2 saturated heterocycles. The molecule has 0 radical (unpaired) electrons. The van der Waals surface area contributed by atoms with Gasteiger partial charge in [0.2, 0.25) is 5.91 Å². The number of hydrogen-bond acceptors (Lipinski definition) is 4. The van der Waals surface area contributed by atoms with Gasteiger partial charge in [-0.25, -0.2) is 0 Å². The van der Waals surface area contributed by atoms with Gasteiger partial charge in [0.05, 0.1) is 5.60 Å². The lowest BCUT2D eigenvalue weighted by Crippen LogP contribution is -2.67. The van der Waals surface area contributed by atoms with E-state index in [1.807, 2.05) is 0 Å². The van der Waals surface area contributed by atoms with Gasteiger partial charge in [0.15, 0.2) is 0 Å². The van der Waals surface area contributed by atoms with E-state index in [9.17, 15) is 4.79 Å². The molecular weight excluding hydrogens is 292 g/mol. The molecule has 0 bridgehead atoms. The normalized spacial score (nSPS) is 28.0. The highest BCUT2D eigenvalue weighted by atomic mass is 16.5. The summed E-state index contributed by atoms with van der Waals surface area (Å²) in [5, 5.41) is 0. The Hall–Kier alpha value is -0.650. The highest BCUT2D eigenvalue weighted by Gasteiger charge is 2.49. The molecule has 0 aromatic heterocycles. The summed E-state index contributed by atoms with van der Waals surface area (Å²) in [6.45, 7) is 4.05. The number of hydrogen-bond donors (Lipinski definition) is 0. The molecule has 5 nitrogen and oxygen atoms in total. The van der Waals surface area contributed by atoms with Crippen LogP contribution in [0.5, 0.6) is 0 Å². The third-order valence-electron chi connectivity index (χ3n) is 5.81. The number of amides is 1. The predicted molar refractivity (Wildman–Crippen MR) is 89.4 cm³/mol. The molecule has 0 unspecified atom stereocenters. The third-order valence-corrected chi connectivity index (χ3v) is 5.81. The minimum absolute atomic E-state index is 0.0413. The van der Waals surface area contributed by atoms with Gasteiger partial charge >= 0.3 is 0 Å². The number of ether oxygens (including phenoxy) is 2. The van der Waals surface area contributed by atoms with Gasteiger partial charge in [0, 0.05) is 46.4 Å². The van der Waals surface area contributed by atoms with Gasteiger partial charge in [0.25, 0.3) is 0 Å². The Morgan fingerprint density at radius 1 is 1.26 bits per heavy atom. The summed E-state index contributed by atoms with van der Waals surface area (Å²) in [5.41, 5.74) is 0.130. The van der Waals surface area contributed by atoms with Crippen molar-refractivity contribution in [2.45, 2.75) is 56.6 Å². The van der Waals surface area contributed by atoms with Gasteiger partial charge in [-0.1, -0.05) is 12.8 Å². The van der Waals surface area contributed by atoms with Crippen molar-refractivity contribution in [2.75, 3.05) is 47.0 Å². The van der Waals surface area contributed by atoms with Crippen LogP contribution in [0.15, 0.2) is 0 Å². The fourth-order valence-corrected chi connectivity index (χ4v) is 4.36. The van der Waals surface area contributed by atoms with E-state index in [2.05, 4.69) is 4.90 Å².